The molecule has 7 nitrogen and oxygen atoms in total. The van der Waals surface area contributed by atoms with Crippen molar-refractivity contribution in [2.75, 3.05) is 43.4 Å². The number of phenols is 1. The zero-order valence-corrected chi connectivity index (χ0v) is 23.4. The Morgan fingerprint density at radius 3 is 2.36 bits per heavy atom. The lowest BCUT2D eigenvalue weighted by molar-refractivity contribution is 0.102. The van der Waals surface area contributed by atoms with E-state index in [1.165, 1.54) is 12.1 Å². The van der Waals surface area contributed by atoms with E-state index >= 15 is 0 Å². The number of fused-ring (bicyclic) bond motifs is 1. The van der Waals surface area contributed by atoms with Gasteiger partial charge < -0.3 is 20.2 Å². The Bertz CT molecular complexity index is 1760. The van der Waals surface area contributed by atoms with Crippen LogP contribution in [0.5, 0.6) is 5.75 Å². The molecular formula is C33H31F2N5O2. The number of rotatable bonds is 6. The van der Waals surface area contributed by atoms with Gasteiger partial charge in [-0.1, -0.05) is 6.07 Å². The highest BCUT2D eigenvalue weighted by Gasteiger charge is 2.18. The number of phenolic OH excluding ortho intramolecular Hbond substituents is 1. The molecular weight excluding hydrogens is 536 g/mol. The Balaban J connectivity index is 1.32. The van der Waals surface area contributed by atoms with Crippen molar-refractivity contribution in [2.24, 2.45) is 0 Å². The molecule has 1 amide bonds. The van der Waals surface area contributed by atoms with Gasteiger partial charge in [0.1, 0.15) is 17.4 Å². The predicted octanol–water partition coefficient (Wildman–Crippen LogP) is 6.12. The first-order valence-corrected chi connectivity index (χ1v) is 13.8. The van der Waals surface area contributed by atoms with Crippen molar-refractivity contribution in [1.29, 1.82) is 0 Å². The first-order chi connectivity index (χ1) is 20.2. The molecule has 214 valence electrons. The highest BCUT2D eigenvalue weighted by Crippen LogP contribution is 2.34. The van der Waals surface area contributed by atoms with Crippen LogP contribution >= 0.6 is 0 Å². The number of aromatic hydroxyl groups is 1. The molecule has 0 aliphatic carbocycles. The van der Waals surface area contributed by atoms with Gasteiger partial charge in [-0.05, 0) is 109 Å². The number of nitrogens with zero attached hydrogens (tertiary/aromatic N) is 3. The molecule has 3 N–H and O–H groups in total. The number of aromatic amines is 1. The summed E-state index contributed by atoms with van der Waals surface area (Å²) in [6, 6.07) is 20.1. The third-order valence-corrected chi connectivity index (χ3v) is 7.84. The van der Waals surface area contributed by atoms with Crippen molar-refractivity contribution in [3.05, 3.63) is 107 Å². The zero-order valence-electron chi connectivity index (χ0n) is 23.4. The van der Waals surface area contributed by atoms with E-state index in [0.29, 0.717) is 33.4 Å². The molecule has 0 radical (unpaired) electrons. The van der Waals surface area contributed by atoms with Gasteiger partial charge in [0.2, 0.25) is 0 Å². The second kappa shape index (κ2) is 11.3. The smallest absolute Gasteiger partial charge is 0.256 e. The molecule has 1 aliphatic rings. The van der Waals surface area contributed by atoms with Gasteiger partial charge in [0, 0.05) is 48.9 Å². The highest BCUT2D eigenvalue weighted by molar-refractivity contribution is 6.08. The molecule has 1 fully saturated rings. The molecule has 1 aromatic heterocycles. The standard InChI is InChI=1S/C33H31F2N5O2/c1-20-13-23(5-8-31(20)41)28-19-30-29(17-24(28)14-21-15-25(34)18-26(35)16-21)32(38-37-30)36-33(42)22-3-6-27(7-4-22)40-11-9-39(2)10-12-40/h3-8,13,15-19,41H,9-12,14H2,1-2H3,(H2,36,37,38,42). The van der Waals surface area contributed by atoms with Crippen molar-refractivity contribution in [3.63, 3.8) is 0 Å². The van der Waals surface area contributed by atoms with Crippen molar-refractivity contribution < 1.29 is 18.7 Å². The van der Waals surface area contributed by atoms with E-state index in [1.54, 1.807) is 19.1 Å². The van der Waals surface area contributed by atoms with Crippen LogP contribution in [0.15, 0.2) is 72.8 Å². The minimum atomic E-state index is -0.650. The quantitative estimate of drug-likeness (QED) is 0.230. The first-order valence-electron chi connectivity index (χ1n) is 13.8. The van der Waals surface area contributed by atoms with Crippen LogP contribution in [0, 0.1) is 18.6 Å². The summed E-state index contributed by atoms with van der Waals surface area (Å²) in [6.07, 6.45) is 0.242. The van der Waals surface area contributed by atoms with Gasteiger partial charge in [0.15, 0.2) is 5.82 Å². The van der Waals surface area contributed by atoms with Gasteiger partial charge in [-0.15, -0.1) is 0 Å². The maximum Gasteiger partial charge on any atom is 0.256 e. The van der Waals surface area contributed by atoms with Crippen molar-refractivity contribution in [1.82, 2.24) is 15.1 Å². The highest BCUT2D eigenvalue weighted by atomic mass is 19.1. The summed E-state index contributed by atoms with van der Waals surface area (Å²) in [6.45, 7) is 5.69. The number of benzene rings is 4. The third kappa shape index (κ3) is 5.69. The van der Waals surface area contributed by atoms with Gasteiger partial charge in [-0.25, -0.2) is 8.78 Å². The van der Waals surface area contributed by atoms with Crippen LogP contribution < -0.4 is 10.2 Å². The van der Waals surface area contributed by atoms with E-state index in [-0.39, 0.29) is 18.1 Å². The van der Waals surface area contributed by atoms with Crippen molar-refractivity contribution >= 4 is 28.3 Å². The molecule has 4 aromatic carbocycles. The number of carbonyl (C=O) groups excluding carboxylic acids is 1. The molecule has 0 bridgehead atoms. The van der Waals surface area contributed by atoms with Crippen LogP contribution in [0.1, 0.15) is 27.0 Å². The second-order valence-corrected chi connectivity index (χ2v) is 10.9. The number of amides is 1. The Morgan fingerprint density at radius 1 is 0.952 bits per heavy atom. The lowest BCUT2D eigenvalue weighted by atomic mass is 9.92. The normalized spacial score (nSPS) is 14.0. The maximum atomic E-state index is 14.0. The number of nitrogens with one attached hydrogen (secondary N) is 2. The Labute approximate surface area is 242 Å². The largest absolute Gasteiger partial charge is 0.508 e. The van der Waals surface area contributed by atoms with Gasteiger partial charge in [-0.2, -0.15) is 5.10 Å². The van der Waals surface area contributed by atoms with Crippen LogP contribution in [0.25, 0.3) is 22.0 Å². The topological polar surface area (TPSA) is 84.5 Å². The van der Waals surface area contributed by atoms with Gasteiger partial charge in [0.25, 0.3) is 5.91 Å². The molecule has 1 saturated heterocycles. The summed E-state index contributed by atoms with van der Waals surface area (Å²) in [5, 5.41) is 21.0. The summed E-state index contributed by atoms with van der Waals surface area (Å²) in [7, 11) is 2.11. The lowest BCUT2D eigenvalue weighted by Gasteiger charge is -2.34. The van der Waals surface area contributed by atoms with E-state index < -0.39 is 11.6 Å². The van der Waals surface area contributed by atoms with Crippen LogP contribution in [0.3, 0.4) is 0 Å². The van der Waals surface area contributed by atoms with Crippen LogP contribution in [0.4, 0.5) is 20.3 Å². The van der Waals surface area contributed by atoms with E-state index in [0.717, 1.165) is 54.6 Å². The number of carbonyl (C=O) groups is 1. The number of hydrogen-bond acceptors (Lipinski definition) is 5. The average molecular weight is 568 g/mol. The van der Waals surface area contributed by atoms with E-state index in [2.05, 4.69) is 32.4 Å². The van der Waals surface area contributed by atoms with Crippen molar-refractivity contribution in [3.8, 4) is 16.9 Å². The second-order valence-electron chi connectivity index (χ2n) is 10.9. The van der Waals surface area contributed by atoms with Crippen LogP contribution in [0.2, 0.25) is 0 Å². The summed E-state index contributed by atoms with van der Waals surface area (Å²) in [4.78, 5) is 17.8. The SMILES string of the molecule is Cc1cc(-c2cc3[nH]nc(NC(=O)c4ccc(N5CCN(C)CC5)cc4)c3cc2Cc2cc(F)cc(F)c2)ccc1O. The van der Waals surface area contributed by atoms with Gasteiger partial charge >= 0.3 is 0 Å². The maximum absolute atomic E-state index is 14.0. The van der Waals surface area contributed by atoms with E-state index in [4.69, 9.17) is 0 Å². The minimum Gasteiger partial charge on any atom is -0.508 e. The minimum absolute atomic E-state index is 0.177. The number of aryl methyl sites for hydroxylation is 1. The monoisotopic (exact) mass is 567 g/mol. The number of likely N-dealkylation sites (N-methyl/N-ethyl adjacent to an activating group) is 1. The average Bonchev–Trinajstić information content (AvgIpc) is 3.35. The number of hydrogen-bond donors (Lipinski definition) is 3. The fraction of sp³-hybridized carbons (Fsp3) is 0.212. The molecule has 0 atom stereocenters. The molecule has 2 heterocycles. The van der Waals surface area contributed by atoms with Gasteiger partial charge in [-0.3, -0.25) is 9.89 Å². The summed E-state index contributed by atoms with van der Waals surface area (Å²) < 4.78 is 28.1. The number of aromatic nitrogens is 2. The summed E-state index contributed by atoms with van der Waals surface area (Å²) in [5.41, 5.74) is 5.88. The van der Waals surface area contributed by atoms with E-state index in [9.17, 15) is 18.7 Å². The molecule has 0 spiro atoms. The van der Waals surface area contributed by atoms with Gasteiger partial charge in [0.05, 0.1) is 5.52 Å². The molecule has 1 aliphatic heterocycles. The predicted molar refractivity (Wildman–Crippen MR) is 161 cm³/mol. The third-order valence-electron chi connectivity index (χ3n) is 7.84. The zero-order chi connectivity index (χ0) is 29.4. The fourth-order valence-corrected chi connectivity index (χ4v) is 5.44. The summed E-state index contributed by atoms with van der Waals surface area (Å²) >= 11 is 0. The lowest BCUT2D eigenvalue weighted by Crippen LogP contribution is -2.44. The number of H-pyrrole nitrogens is 1. The van der Waals surface area contributed by atoms with Crippen LogP contribution in [-0.4, -0.2) is 59.3 Å². The fourth-order valence-electron chi connectivity index (χ4n) is 5.44. The number of piperazine rings is 1. The number of anilines is 2. The molecule has 6 rings (SSSR count). The van der Waals surface area contributed by atoms with E-state index in [1.807, 2.05) is 42.5 Å². The van der Waals surface area contributed by atoms with Crippen LogP contribution in [-0.2, 0) is 6.42 Å². The molecule has 42 heavy (non-hydrogen) atoms. The molecule has 0 unspecified atom stereocenters. The Kier molecular flexibility index (Phi) is 7.34. The Morgan fingerprint density at radius 2 is 1.67 bits per heavy atom. The molecule has 5 aromatic rings. The molecule has 0 saturated carbocycles. The first kappa shape index (κ1) is 27.4. The number of halogens is 2. The van der Waals surface area contributed by atoms with Crippen molar-refractivity contribution in [2.45, 2.75) is 13.3 Å². The molecule has 9 heteroatoms. The summed E-state index contributed by atoms with van der Waals surface area (Å²) in [5.74, 6) is -1.05. The Hall–Kier alpha value is -4.76.